The number of carbonyl (C=O) groups is 4. The van der Waals surface area contributed by atoms with E-state index in [1.54, 1.807) is 45.8 Å². The molecule has 3 aromatic carbocycles. The summed E-state index contributed by atoms with van der Waals surface area (Å²) in [5, 5.41) is 34.5. The maximum atomic E-state index is 14.1. The smallest absolute Gasteiger partial charge is 0.391 e. The standard InChI is InChI=1S/C56H68F3N11O5S/c1-35(37-17-19-38(20-18-37)49-36(2)61-34-76-49)62-53(74)47-30-43(71)32-69(47)54(75)50(55(3,4)5)63-48(72)16-12-10-11-15-41-31-68(66-64-41)28-14-9-7-8-13-27-60-52(73)39-21-26-46-44(29-39)45-33-67(6)65-51(45)70(46)42-24-22-40(23-25-42)56(57,58)59/h17-26,29,31,33-35,43,47,50,71H,7-16,27-28,30,32H2,1-6H3,(H,60,73)(H,62,74)(H,63,72)/t35?,43-,47+,50?/m1/s1. The fourth-order valence-corrected chi connectivity index (χ4v) is 10.7. The third-order valence-electron chi connectivity index (χ3n) is 14.1. The molecule has 2 unspecified atom stereocenters. The number of thiazole rings is 1. The molecule has 20 heteroatoms. The van der Waals surface area contributed by atoms with Crippen molar-refractivity contribution >= 4 is 56.9 Å². The van der Waals surface area contributed by atoms with E-state index >= 15 is 0 Å². The average molecular weight is 1060 g/mol. The molecule has 1 saturated heterocycles. The van der Waals surface area contributed by atoms with E-state index < -0.39 is 41.2 Å². The van der Waals surface area contributed by atoms with Gasteiger partial charge in [0.25, 0.3) is 5.91 Å². The third-order valence-corrected chi connectivity index (χ3v) is 15.1. The topological polar surface area (TPSA) is 194 Å². The minimum absolute atomic E-state index is 0.00409. The predicted octanol–water partition coefficient (Wildman–Crippen LogP) is 9.41. The van der Waals surface area contributed by atoms with E-state index in [0.29, 0.717) is 29.9 Å². The lowest BCUT2D eigenvalue weighted by Crippen LogP contribution is -2.57. The average Bonchev–Trinajstić information content (AvgIpc) is 4.24. The highest BCUT2D eigenvalue weighted by molar-refractivity contribution is 7.13. The normalized spacial score (nSPS) is 15.8. The summed E-state index contributed by atoms with van der Waals surface area (Å²) in [6.07, 6.45) is 6.53. The second-order valence-corrected chi connectivity index (χ2v) is 21.9. The van der Waals surface area contributed by atoms with Gasteiger partial charge in [0.05, 0.1) is 45.0 Å². The first kappa shape index (κ1) is 55.3. The summed E-state index contributed by atoms with van der Waals surface area (Å²) >= 11 is 1.57. The summed E-state index contributed by atoms with van der Waals surface area (Å²) in [6, 6.07) is 16.1. The Labute approximate surface area is 444 Å². The lowest BCUT2D eigenvalue weighted by Gasteiger charge is -2.35. The number of aliphatic hydroxyl groups excluding tert-OH is 1. The molecule has 4 amide bonds. The number of hydrogen-bond donors (Lipinski definition) is 4. The molecule has 0 spiro atoms. The number of likely N-dealkylation sites (tertiary alicyclic amines) is 1. The number of fused-ring (bicyclic) bond motifs is 3. The Morgan fingerprint density at radius 1 is 0.868 bits per heavy atom. The van der Waals surface area contributed by atoms with Crippen molar-refractivity contribution in [1.82, 2.24) is 55.2 Å². The number of rotatable bonds is 22. The lowest BCUT2D eigenvalue weighted by molar-refractivity contribution is -0.144. The molecule has 404 valence electrons. The molecule has 4 aromatic heterocycles. The van der Waals surface area contributed by atoms with Gasteiger partial charge in [-0.05, 0) is 105 Å². The molecule has 0 saturated carbocycles. The summed E-state index contributed by atoms with van der Waals surface area (Å²) in [7, 11) is 1.78. The van der Waals surface area contributed by atoms with Gasteiger partial charge in [0, 0.05) is 73.9 Å². The Hall–Kier alpha value is -6.93. The van der Waals surface area contributed by atoms with Crippen LogP contribution in [0, 0.1) is 12.3 Å². The molecule has 0 radical (unpaired) electrons. The molecule has 1 aliphatic rings. The zero-order valence-electron chi connectivity index (χ0n) is 44.0. The number of amides is 4. The summed E-state index contributed by atoms with van der Waals surface area (Å²) in [5.74, 6) is -1.18. The Kier molecular flexibility index (Phi) is 17.4. The van der Waals surface area contributed by atoms with E-state index in [0.717, 1.165) is 114 Å². The Bertz CT molecular complexity index is 3140. The minimum atomic E-state index is -4.44. The van der Waals surface area contributed by atoms with Crippen molar-refractivity contribution in [1.29, 1.82) is 0 Å². The molecular weight excluding hydrogens is 996 g/mol. The van der Waals surface area contributed by atoms with Crippen molar-refractivity contribution in [3.63, 3.8) is 0 Å². The van der Waals surface area contributed by atoms with Gasteiger partial charge in [-0.3, -0.25) is 33.1 Å². The molecule has 0 bridgehead atoms. The highest BCUT2D eigenvalue weighted by Gasteiger charge is 2.44. The van der Waals surface area contributed by atoms with E-state index in [-0.39, 0.29) is 43.1 Å². The van der Waals surface area contributed by atoms with Crippen LogP contribution in [0.4, 0.5) is 13.2 Å². The van der Waals surface area contributed by atoms with E-state index in [9.17, 15) is 37.5 Å². The number of nitrogens with one attached hydrogen (secondary N) is 3. The van der Waals surface area contributed by atoms with Crippen LogP contribution in [0.2, 0.25) is 0 Å². The van der Waals surface area contributed by atoms with Gasteiger partial charge in [-0.2, -0.15) is 18.3 Å². The Morgan fingerprint density at radius 3 is 2.30 bits per heavy atom. The van der Waals surface area contributed by atoms with Gasteiger partial charge in [-0.1, -0.05) is 75.9 Å². The number of unbranched alkanes of at least 4 members (excludes halogenated alkanes) is 6. The van der Waals surface area contributed by atoms with E-state index in [2.05, 4.69) is 36.3 Å². The van der Waals surface area contributed by atoms with Gasteiger partial charge in [0.15, 0.2) is 5.65 Å². The number of hydrogen-bond acceptors (Lipinski definition) is 10. The monoisotopic (exact) mass is 1060 g/mol. The molecule has 76 heavy (non-hydrogen) atoms. The Morgan fingerprint density at radius 2 is 1.59 bits per heavy atom. The third kappa shape index (κ3) is 13.4. The lowest BCUT2D eigenvalue weighted by atomic mass is 9.85. The first-order valence-corrected chi connectivity index (χ1v) is 27.0. The minimum Gasteiger partial charge on any atom is -0.391 e. The van der Waals surface area contributed by atoms with Gasteiger partial charge in [-0.15, -0.1) is 16.4 Å². The molecule has 1 aliphatic heterocycles. The van der Waals surface area contributed by atoms with Crippen LogP contribution in [-0.2, 0) is 40.6 Å². The molecule has 16 nitrogen and oxygen atoms in total. The summed E-state index contributed by atoms with van der Waals surface area (Å²) in [5.41, 5.74) is 6.59. The molecule has 1 fully saturated rings. The van der Waals surface area contributed by atoms with Crippen molar-refractivity contribution in [3.8, 4) is 16.1 Å². The molecule has 8 rings (SSSR count). The van der Waals surface area contributed by atoms with Gasteiger partial charge >= 0.3 is 6.18 Å². The summed E-state index contributed by atoms with van der Waals surface area (Å²) in [4.78, 5) is 61.1. The quantitative estimate of drug-likeness (QED) is 0.0479. The number of alkyl halides is 3. The molecule has 0 aliphatic carbocycles. The second kappa shape index (κ2) is 24.0. The molecule has 5 heterocycles. The van der Waals surface area contributed by atoms with Crippen LogP contribution < -0.4 is 16.0 Å². The number of β-amino-alcohol motifs (C(OH)–C–C–N with tert-alkyl or cyclic N) is 1. The van der Waals surface area contributed by atoms with Gasteiger partial charge in [0.2, 0.25) is 17.7 Å². The van der Waals surface area contributed by atoms with Crippen LogP contribution in [0.25, 0.3) is 38.1 Å². The molecule has 4 N–H and O–H groups in total. The number of aryl methyl sites for hydroxylation is 4. The number of aliphatic hydroxyl groups is 1. The van der Waals surface area contributed by atoms with Gasteiger partial charge in [0.1, 0.15) is 12.1 Å². The van der Waals surface area contributed by atoms with Crippen molar-refractivity contribution in [2.24, 2.45) is 12.5 Å². The molecular formula is C56H68F3N11O5S. The van der Waals surface area contributed by atoms with Crippen LogP contribution in [0.5, 0.6) is 0 Å². The SMILES string of the molecule is Cc1ncsc1-c1ccc(C(C)NC(=O)[C@@H]2C[C@@H](O)CN2C(=O)C(NC(=O)CCCCCc2cn(CCCCCCCNC(=O)c3ccc4c(c3)c3cn(C)nc3n4-c3ccc(C(F)(F)F)cc3)nn2)C(C)(C)C)cc1. The van der Waals surface area contributed by atoms with Crippen molar-refractivity contribution < 1.29 is 37.5 Å². The highest BCUT2D eigenvalue weighted by atomic mass is 32.1. The summed E-state index contributed by atoms with van der Waals surface area (Å²) < 4.78 is 45.1. The number of aromatic nitrogens is 7. The predicted molar refractivity (Wildman–Crippen MR) is 287 cm³/mol. The number of benzene rings is 3. The van der Waals surface area contributed by atoms with E-state index in [1.807, 2.05) is 81.5 Å². The van der Waals surface area contributed by atoms with Crippen LogP contribution in [-0.4, -0.2) is 99.2 Å². The van der Waals surface area contributed by atoms with Crippen molar-refractivity contribution in [2.45, 2.75) is 142 Å². The number of carbonyl (C=O) groups excluding carboxylic acids is 4. The van der Waals surface area contributed by atoms with E-state index in [1.165, 1.54) is 17.0 Å². The number of nitrogens with zero attached hydrogens (tertiary/aromatic N) is 8. The first-order chi connectivity index (χ1) is 36.2. The summed E-state index contributed by atoms with van der Waals surface area (Å²) in [6.45, 7) is 10.8. The van der Waals surface area contributed by atoms with Crippen molar-refractivity contribution in [3.05, 3.63) is 113 Å². The maximum Gasteiger partial charge on any atom is 0.416 e. The fourth-order valence-electron chi connectivity index (χ4n) is 9.91. The van der Waals surface area contributed by atoms with E-state index in [4.69, 9.17) is 0 Å². The largest absolute Gasteiger partial charge is 0.416 e. The Balaban J connectivity index is 0.707. The van der Waals surface area contributed by atoms with Crippen LogP contribution >= 0.6 is 11.3 Å². The highest BCUT2D eigenvalue weighted by Crippen LogP contribution is 2.35. The van der Waals surface area contributed by atoms with Crippen LogP contribution in [0.3, 0.4) is 0 Å². The second-order valence-electron chi connectivity index (χ2n) is 21.1. The van der Waals surface area contributed by atoms with Gasteiger partial charge < -0.3 is 26.0 Å². The van der Waals surface area contributed by atoms with Gasteiger partial charge in [-0.25, -0.2) is 4.98 Å². The zero-order valence-corrected chi connectivity index (χ0v) is 44.8. The first-order valence-electron chi connectivity index (χ1n) is 26.2. The number of halogens is 3. The van der Waals surface area contributed by atoms with Crippen LogP contribution in [0.15, 0.2) is 84.6 Å². The molecule has 4 atom stereocenters. The van der Waals surface area contributed by atoms with Crippen molar-refractivity contribution in [2.75, 3.05) is 13.1 Å². The zero-order chi connectivity index (χ0) is 54.3. The fraction of sp³-hybridized carbons (Fsp3) is 0.464. The maximum absolute atomic E-state index is 14.1. The van der Waals surface area contributed by atoms with Crippen LogP contribution in [0.1, 0.15) is 131 Å². The molecule has 7 aromatic rings.